The molecule has 2 rings (SSSR count). The molecule has 0 fully saturated rings. The van der Waals surface area contributed by atoms with E-state index in [1.54, 1.807) is 20.4 Å². The van der Waals surface area contributed by atoms with Crippen molar-refractivity contribution >= 4 is 6.03 Å². The van der Waals surface area contributed by atoms with E-state index < -0.39 is 0 Å². The highest BCUT2D eigenvalue weighted by Gasteiger charge is 2.22. The van der Waals surface area contributed by atoms with E-state index in [0.29, 0.717) is 10.8 Å². The molecule has 1 aliphatic heterocycles. The van der Waals surface area contributed by atoms with Crippen molar-refractivity contribution in [3.05, 3.63) is 22.7 Å². The number of carbonyl (C=O) groups excluding carboxylic acids is 1. The monoisotopic (exact) mass is 206 g/mol. The highest BCUT2D eigenvalue weighted by molar-refractivity contribution is 5.77. The molecule has 0 radical (unpaired) electrons. The average Bonchev–Trinajstić information content (AvgIpc) is 2.55. The molecule has 2 amide bonds. The lowest BCUT2D eigenvalue weighted by Gasteiger charge is -1.95. The van der Waals surface area contributed by atoms with Gasteiger partial charge in [-0.05, 0) is 6.92 Å². The summed E-state index contributed by atoms with van der Waals surface area (Å²) < 4.78 is 3.38. The molecule has 0 spiro atoms. The maximum atomic E-state index is 11.4. The van der Waals surface area contributed by atoms with E-state index in [0.717, 1.165) is 12.0 Å². The van der Waals surface area contributed by atoms with Crippen molar-refractivity contribution in [2.45, 2.75) is 13.5 Å². The summed E-state index contributed by atoms with van der Waals surface area (Å²) in [5.74, 6) is 0. The van der Waals surface area contributed by atoms with Crippen molar-refractivity contribution < 1.29 is 4.79 Å². The van der Waals surface area contributed by atoms with Crippen molar-refractivity contribution in [2.75, 3.05) is 14.1 Å². The standard InChI is InChI=1S/C9H12N5O/c1-4-14-5-11-7(10-2)6-8(14)13(3)9(15)12-6/h5H,4H2,1-3H3/q+1. The summed E-state index contributed by atoms with van der Waals surface area (Å²) in [6, 6.07) is -0.273. The summed E-state index contributed by atoms with van der Waals surface area (Å²) in [5.41, 5.74) is 1.27. The summed E-state index contributed by atoms with van der Waals surface area (Å²) in [4.78, 5) is 23.5. The second kappa shape index (κ2) is 3.38. The van der Waals surface area contributed by atoms with Crippen LogP contribution in [0.2, 0.25) is 0 Å². The number of amides is 2. The van der Waals surface area contributed by atoms with Gasteiger partial charge in [-0.3, -0.25) is 4.99 Å². The minimum absolute atomic E-state index is 0.273. The van der Waals surface area contributed by atoms with Gasteiger partial charge in [0, 0.05) is 7.05 Å². The van der Waals surface area contributed by atoms with E-state index >= 15 is 0 Å². The summed E-state index contributed by atoms with van der Waals surface area (Å²) in [7, 11) is 3.33. The number of aryl methyl sites for hydroxylation is 1. The number of hydrogen-bond acceptors (Lipinski definition) is 3. The number of hydrogen-bond donors (Lipinski definition) is 0. The summed E-state index contributed by atoms with van der Waals surface area (Å²) in [6.07, 6.45) is 1.67. The Bertz CT molecular complexity index is 610. The highest BCUT2D eigenvalue weighted by atomic mass is 16.2. The molecule has 1 aromatic heterocycles. The van der Waals surface area contributed by atoms with Crippen LogP contribution in [0.25, 0.3) is 0 Å². The van der Waals surface area contributed by atoms with E-state index in [1.165, 1.54) is 4.58 Å². The fourth-order valence-electron chi connectivity index (χ4n) is 1.58. The topological polar surface area (TPSA) is 62.6 Å². The van der Waals surface area contributed by atoms with E-state index in [4.69, 9.17) is 0 Å². The van der Waals surface area contributed by atoms with Crippen molar-refractivity contribution in [3.63, 3.8) is 0 Å². The van der Waals surface area contributed by atoms with Crippen LogP contribution in [0.3, 0.4) is 0 Å². The molecule has 0 aliphatic carbocycles. The van der Waals surface area contributed by atoms with Gasteiger partial charge in [-0.2, -0.15) is 4.58 Å². The maximum absolute atomic E-state index is 11.4. The number of urea groups is 1. The maximum Gasteiger partial charge on any atom is 0.477 e. The first kappa shape index (κ1) is 9.70. The number of aromatic nitrogens is 2. The van der Waals surface area contributed by atoms with Crippen LogP contribution in [0.4, 0.5) is 4.79 Å². The van der Waals surface area contributed by atoms with Gasteiger partial charge in [0.2, 0.25) is 5.49 Å². The van der Waals surface area contributed by atoms with Crippen LogP contribution >= 0.6 is 0 Å². The van der Waals surface area contributed by atoms with Gasteiger partial charge in [0.05, 0.1) is 13.6 Å². The summed E-state index contributed by atoms with van der Waals surface area (Å²) in [5, 5.41) is 0.564. The van der Waals surface area contributed by atoms with Crippen molar-refractivity contribution in [3.8, 4) is 0 Å². The molecule has 0 bridgehead atoms. The third-order valence-corrected chi connectivity index (χ3v) is 2.38. The van der Waals surface area contributed by atoms with Gasteiger partial charge in [0.25, 0.3) is 10.8 Å². The van der Waals surface area contributed by atoms with Crippen LogP contribution in [-0.2, 0) is 6.54 Å². The lowest BCUT2D eigenvalue weighted by molar-refractivity contribution is 0.247. The largest absolute Gasteiger partial charge is 0.477 e. The molecule has 0 atom stereocenters. The molecule has 0 unspecified atom stereocenters. The van der Waals surface area contributed by atoms with Gasteiger partial charge in [0.1, 0.15) is 0 Å². The Morgan fingerprint density at radius 2 is 2.33 bits per heavy atom. The van der Waals surface area contributed by atoms with Gasteiger partial charge < -0.3 is 0 Å². The SMILES string of the molecule is CCn1cnc(=NC)c2c1=[N+](C)C(=O)N=2. The lowest BCUT2D eigenvalue weighted by atomic mass is 10.5. The number of nitrogens with zero attached hydrogens (tertiary/aromatic N) is 5. The van der Waals surface area contributed by atoms with Gasteiger partial charge in [-0.15, -0.1) is 0 Å². The first-order chi connectivity index (χ1) is 7.19. The van der Waals surface area contributed by atoms with Crippen LogP contribution in [0.5, 0.6) is 0 Å². The van der Waals surface area contributed by atoms with Crippen LogP contribution in [0.15, 0.2) is 16.3 Å². The molecular formula is C9H12N5O+. The smallest absolute Gasteiger partial charge is 0.267 e. The van der Waals surface area contributed by atoms with E-state index in [1.807, 2.05) is 11.5 Å². The zero-order valence-corrected chi connectivity index (χ0v) is 8.93. The van der Waals surface area contributed by atoms with Crippen LogP contribution < -0.4 is 20.9 Å². The molecule has 6 heteroatoms. The summed E-state index contributed by atoms with van der Waals surface area (Å²) >= 11 is 0. The van der Waals surface area contributed by atoms with Crippen molar-refractivity contribution in [1.82, 2.24) is 14.1 Å². The minimum atomic E-state index is -0.273. The van der Waals surface area contributed by atoms with Crippen LogP contribution in [0, 0.1) is 0 Å². The molecule has 2 heterocycles. The quantitative estimate of drug-likeness (QED) is 0.515. The number of fused-ring (bicyclic) bond motifs is 1. The highest BCUT2D eigenvalue weighted by Crippen LogP contribution is 1.79. The summed E-state index contributed by atoms with van der Waals surface area (Å²) in [6.45, 7) is 2.73. The lowest BCUT2D eigenvalue weighted by Crippen LogP contribution is -2.49. The Labute approximate surface area is 86.0 Å². The molecule has 6 nitrogen and oxygen atoms in total. The fraction of sp³-hybridized carbons (Fsp3) is 0.444. The Morgan fingerprint density at radius 3 is 2.93 bits per heavy atom. The van der Waals surface area contributed by atoms with Gasteiger partial charge in [-0.25, -0.2) is 14.3 Å². The second-order valence-electron chi connectivity index (χ2n) is 3.20. The zero-order valence-electron chi connectivity index (χ0n) is 8.93. The minimum Gasteiger partial charge on any atom is -0.267 e. The fourth-order valence-corrected chi connectivity index (χ4v) is 1.58. The molecular weight excluding hydrogens is 194 g/mol. The normalized spacial score (nSPS) is 15.5. The molecule has 0 saturated heterocycles. The first-order valence-corrected chi connectivity index (χ1v) is 4.70. The average molecular weight is 206 g/mol. The predicted molar refractivity (Wildman–Crippen MR) is 52.7 cm³/mol. The second-order valence-corrected chi connectivity index (χ2v) is 3.20. The third-order valence-electron chi connectivity index (χ3n) is 2.38. The van der Waals surface area contributed by atoms with Gasteiger partial charge >= 0.3 is 6.03 Å². The molecule has 0 N–H and O–H groups in total. The molecule has 1 aromatic rings. The Balaban J connectivity index is 3.06. The van der Waals surface area contributed by atoms with Gasteiger partial charge in [0.15, 0.2) is 6.33 Å². The van der Waals surface area contributed by atoms with E-state index in [2.05, 4.69) is 15.0 Å². The Kier molecular flexibility index (Phi) is 2.18. The molecule has 0 saturated carbocycles. The van der Waals surface area contributed by atoms with Crippen molar-refractivity contribution in [1.29, 1.82) is 0 Å². The Hall–Kier alpha value is -1.85. The predicted octanol–water partition coefficient (Wildman–Crippen LogP) is -1.69. The van der Waals surface area contributed by atoms with E-state index in [-0.39, 0.29) is 6.03 Å². The molecule has 15 heavy (non-hydrogen) atoms. The molecule has 78 valence electrons. The van der Waals surface area contributed by atoms with Crippen LogP contribution in [-0.4, -0.2) is 29.7 Å². The van der Waals surface area contributed by atoms with Crippen LogP contribution in [0.1, 0.15) is 6.92 Å². The van der Waals surface area contributed by atoms with Crippen molar-refractivity contribution in [2.24, 2.45) is 9.98 Å². The third kappa shape index (κ3) is 1.29. The van der Waals surface area contributed by atoms with E-state index in [9.17, 15) is 4.79 Å². The zero-order chi connectivity index (χ0) is 11.0. The number of carbonyl (C=O) groups is 1. The molecule has 1 aliphatic rings. The Morgan fingerprint density at radius 1 is 1.60 bits per heavy atom. The molecule has 0 aromatic carbocycles. The van der Waals surface area contributed by atoms with Gasteiger partial charge in [-0.1, -0.05) is 4.99 Å². The number of rotatable bonds is 1. The first-order valence-electron chi connectivity index (χ1n) is 4.70.